The van der Waals surface area contributed by atoms with Gasteiger partial charge in [-0.05, 0) is 31.4 Å². The van der Waals surface area contributed by atoms with Crippen LogP contribution in [0.3, 0.4) is 0 Å². The molecule has 0 bridgehead atoms. The Morgan fingerprint density at radius 1 is 1.41 bits per heavy atom. The van der Waals surface area contributed by atoms with E-state index in [1.807, 2.05) is 0 Å². The quantitative estimate of drug-likeness (QED) is 0.832. The molecule has 1 aromatic heterocycles. The zero-order chi connectivity index (χ0) is 15.6. The van der Waals surface area contributed by atoms with Crippen molar-refractivity contribution in [3.8, 4) is 11.3 Å². The molecule has 1 saturated carbocycles. The first-order valence-corrected chi connectivity index (χ1v) is 7.68. The summed E-state index contributed by atoms with van der Waals surface area (Å²) in [6, 6.07) is 8.07. The fourth-order valence-electron chi connectivity index (χ4n) is 2.56. The number of nitrogens with zero attached hydrogens (tertiary/aromatic N) is 1. The first-order chi connectivity index (χ1) is 10.7. The number of hydrogen-bond donors (Lipinski definition) is 1. The van der Waals surface area contributed by atoms with Crippen molar-refractivity contribution in [1.29, 1.82) is 0 Å². The van der Waals surface area contributed by atoms with Crippen LogP contribution in [0.15, 0.2) is 34.9 Å². The third-order valence-electron chi connectivity index (χ3n) is 4.14. The molecule has 2 aromatic rings. The zero-order valence-electron chi connectivity index (χ0n) is 12.6. The van der Waals surface area contributed by atoms with Crippen molar-refractivity contribution in [2.45, 2.75) is 38.0 Å². The Bertz CT molecular complexity index is 677. The van der Waals surface area contributed by atoms with Crippen molar-refractivity contribution >= 4 is 5.91 Å². The van der Waals surface area contributed by atoms with Gasteiger partial charge in [-0.25, -0.2) is 4.39 Å². The van der Waals surface area contributed by atoms with E-state index in [0.717, 1.165) is 25.7 Å². The van der Waals surface area contributed by atoms with Gasteiger partial charge in [0.2, 0.25) is 5.91 Å². The molecule has 0 radical (unpaired) electrons. The number of amides is 1. The van der Waals surface area contributed by atoms with Crippen LogP contribution in [0.25, 0.3) is 11.3 Å². The highest BCUT2D eigenvalue weighted by Crippen LogP contribution is 2.48. The van der Waals surface area contributed by atoms with Gasteiger partial charge in [0.15, 0.2) is 5.76 Å². The van der Waals surface area contributed by atoms with Crippen LogP contribution in [0.5, 0.6) is 0 Å². The number of hydrogen-bond acceptors (Lipinski definition) is 3. The van der Waals surface area contributed by atoms with Crippen LogP contribution >= 0.6 is 0 Å². The monoisotopic (exact) mass is 302 g/mol. The maximum absolute atomic E-state index is 13.8. The Labute approximate surface area is 128 Å². The Hall–Kier alpha value is -2.17. The Balaban J connectivity index is 1.79. The van der Waals surface area contributed by atoms with E-state index in [2.05, 4.69) is 17.4 Å². The molecule has 0 unspecified atom stereocenters. The lowest BCUT2D eigenvalue weighted by molar-refractivity contribution is -0.123. The number of benzene rings is 1. The van der Waals surface area contributed by atoms with Gasteiger partial charge in [0.25, 0.3) is 0 Å². The minimum atomic E-state index is -0.583. The molecule has 1 aliphatic rings. The van der Waals surface area contributed by atoms with Gasteiger partial charge in [-0.3, -0.25) is 4.79 Å². The average Bonchev–Trinajstić information content (AvgIpc) is 3.19. The summed E-state index contributed by atoms with van der Waals surface area (Å²) in [6.45, 7) is 2.76. The average molecular weight is 302 g/mol. The molecule has 0 saturated heterocycles. The minimum Gasteiger partial charge on any atom is -0.356 e. The van der Waals surface area contributed by atoms with Gasteiger partial charge in [0, 0.05) is 12.6 Å². The maximum atomic E-state index is 13.8. The summed E-state index contributed by atoms with van der Waals surface area (Å²) in [5.41, 5.74) is 0.379. The first kappa shape index (κ1) is 14.8. The molecule has 22 heavy (non-hydrogen) atoms. The van der Waals surface area contributed by atoms with Crippen molar-refractivity contribution in [3.63, 3.8) is 0 Å². The summed E-state index contributed by atoms with van der Waals surface area (Å²) in [4.78, 5) is 12.3. The second-order valence-electron chi connectivity index (χ2n) is 5.75. The van der Waals surface area contributed by atoms with Gasteiger partial charge < -0.3 is 9.84 Å². The highest BCUT2D eigenvalue weighted by Gasteiger charge is 2.53. The van der Waals surface area contributed by atoms with Crippen LogP contribution in [0.4, 0.5) is 4.39 Å². The highest BCUT2D eigenvalue weighted by molar-refractivity contribution is 5.91. The summed E-state index contributed by atoms with van der Waals surface area (Å²) in [6.07, 6.45) is 3.51. The number of rotatable bonds is 6. The van der Waals surface area contributed by atoms with Crippen LogP contribution in [0.1, 0.15) is 38.3 Å². The molecule has 0 atom stereocenters. The molecule has 4 nitrogen and oxygen atoms in total. The van der Waals surface area contributed by atoms with Crippen LogP contribution in [-0.4, -0.2) is 17.6 Å². The summed E-state index contributed by atoms with van der Waals surface area (Å²) in [5, 5.41) is 6.97. The summed E-state index contributed by atoms with van der Waals surface area (Å²) in [5.74, 6) is -0.00230. The van der Waals surface area contributed by atoms with Gasteiger partial charge >= 0.3 is 0 Å². The van der Waals surface area contributed by atoms with Crippen LogP contribution in [-0.2, 0) is 10.2 Å². The van der Waals surface area contributed by atoms with Crippen molar-refractivity contribution in [3.05, 3.63) is 41.8 Å². The smallest absolute Gasteiger partial charge is 0.232 e. The molecule has 0 spiro atoms. The van der Waals surface area contributed by atoms with Crippen molar-refractivity contribution < 1.29 is 13.7 Å². The molecule has 1 aromatic carbocycles. The number of carbonyl (C=O) groups is 1. The molecule has 1 amide bonds. The van der Waals surface area contributed by atoms with Gasteiger partial charge in [-0.15, -0.1) is 0 Å². The minimum absolute atomic E-state index is 0.00525. The van der Waals surface area contributed by atoms with Gasteiger partial charge in [0.05, 0.1) is 16.7 Å². The van der Waals surface area contributed by atoms with E-state index in [1.165, 1.54) is 6.07 Å². The molecule has 1 fully saturated rings. The van der Waals surface area contributed by atoms with E-state index in [4.69, 9.17) is 4.52 Å². The standard InChI is InChI=1S/C17H19FN2O2/c1-2-3-10-19-16(21)17(8-9-17)15-11-14(22-20-15)12-6-4-5-7-13(12)18/h4-7,11H,2-3,8-10H2,1H3,(H,19,21). The van der Waals surface area contributed by atoms with E-state index in [1.54, 1.807) is 24.3 Å². The van der Waals surface area contributed by atoms with E-state index in [-0.39, 0.29) is 11.7 Å². The van der Waals surface area contributed by atoms with E-state index in [9.17, 15) is 9.18 Å². The van der Waals surface area contributed by atoms with Crippen LogP contribution < -0.4 is 5.32 Å². The van der Waals surface area contributed by atoms with Crippen LogP contribution in [0, 0.1) is 5.82 Å². The van der Waals surface area contributed by atoms with E-state index >= 15 is 0 Å². The fraction of sp³-hybridized carbons (Fsp3) is 0.412. The van der Waals surface area contributed by atoms with Crippen molar-refractivity contribution in [2.24, 2.45) is 0 Å². The van der Waals surface area contributed by atoms with Crippen LogP contribution in [0.2, 0.25) is 0 Å². The Kier molecular flexibility index (Phi) is 3.96. The number of unbranched alkanes of at least 4 members (excludes halogenated alkanes) is 1. The molecule has 1 N–H and O–H groups in total. The third-order valence-corrected chi connectivity index (χ3v) is 4.14. The highest BCUT2D eigenvalue weighted by atomic mass is 19.1. The van der Waals surface area contributed by atoms with E-state index in [0.29, 0.717) is 23.6 Å². The predicted molar refractivity (Wildman–Crippen MR) is 80.7 cm³/mol. The normalized spacial score (nSPS) is 15.5. The molecule has 116 valence electrons. The van der Waals surface area contributed by atoms with Gasteiger partial charge in [-0.1, -0.05) is 30.6 Å². The molecule has 5 heteroatoms. The second-order valence-corrected chi connectivity index (χ2v) is 5.75. The van der Waals surface area contributed by atoms with Gasteiger partial charge in [-0.2, -0.15) is 0 Å². The zero-order valence-corrected chi connectivity index (χ0v) is 12.6. The van der Waals surface area contributed by atoms with Gasteiger partial charge in [0.1, 0.15) is 5.82 Å². The molecule has 1 aliphatic carbocycles. The van der Waals surface area contributed by atoms with E-state index < -0.39 is 5.41 Å². The fourth-order valence-corrected chi connectivity index (χ4v) is 2.56. The van der Waals surface area contributed by atoms with Crippen molar-refractivity contribution in [1.82, 2.24) is 10.5 Å². The maximum Gasteiger partial charge on any atom is 0.232 e. The molecule has 1 heterocycles. The third kappa shape index (κ3) is 2.63. The van der Waals surface area contributed by atoms with Crippen molar-refractivity contribution in [2.75, 3.05) is 6.54 Å². The number of halogens is 1. The predicted octanol–water partition coefficient (Wildman–Crippen LogP) is 3.43. The lowest BCUT2D eigenvalue weighted by Gasteiger charge is -2.11. The second kappa shape index (κ2) is 5.91. The SMILES string of the molecule is CCCCNC(=O)C1(c2cc(-c3ccccc3F)on2)CC1. The molecular formula is C17H19FN2O2. The Morgan fingerprint density at radius 2 is 2.18 bits per heavy atom. The molecule has 0 aliphatic heterocycles. The molecular weight excluding hydrogens is 283 g/mol. The summed E-state index contributed by atoms with van der Waals surface area (Å²) in [7, 11) is 0. The lowest BCUT2D eigenvalue weighted by atomic mass is 10.00. The number of nitrogens with one attached hydrogen (secondary N) is 1. The largest absolute Gasteiger partial charge is 0.356 e. The number of aromatic nitrogens is 1. The summed E-state index contributed by atoms with van der Waals surface area (Å²) < 4.78 is 19.1. The first-order valence-electron chi connectivity index (χ1n) is 7.68. The lowest BCUT2D eigenvalue weighted by Crippen LogP contribution is -2.35. The topological polar surface area (TPSA) is 55.1 Å². The molecule has 3 rings (SSSR count). The Morgan fingerprint density at radius 3 is 2.86 bits per heavy atom. The summed E-state index contributed by atoms with van der Waals surface area (Å²) >= 11 is 0. The number of carbonyl (C=O) groups excluding carboxylic acids is 1.